The van der Waals surface area contributed by atoms with Crippen LogP contribution < -0.4 is 5.32 Å². The highest BCUT2D eigenvalue weighted by molar-refractivity contribution is 7.87. The molecule has 1 N–H and O–H groups in total. The second-order valence-corrected chi connectivity index (χ2v) is 8.22. The van der Waals surface area contributed by atoms with Gasteiger partial charge in [-0.05, 0) is 46.6 Å². The average Bonchev–Trinajstić information content (AvgIpc) is 2.24. The molecule has 0 heterocycles. The molecule has 0 bridgehead atoms. The van der Waals surface area contributed by atoms with Crippen molar-refractivity contribution in [3.63, 3.8) is 0 Å². The van der Waals surface area contributed by atoms with Gasteiger partial charge in [-0.2, -0.15) is 0 Å². The average molecular weight is 245 g/mol. The highest BCUT2D eigenvalue weighted by Crippen LogP contribution is 2.28. The van der Waals surface area contributed by atoms with Crippen molar-refractivity contribution in [2.75, 3.05) is 6.54 Å². The molecular weight excluding hydrogens is 218 g/mol. The summed E-state index contributed by atoms with van der Waals surface area (Å²) in [6, 6.07) is 0.480. The summed E-state index contributed by atoms with van der Waals surface area (Å²) < 4.78 is 12.4. The SMILES string of the molecule is CCCNC1CCCCC1S(=O)C(C)(C)C. The molecule has 0 amide bonds. The zero-order chi connectivity index (χ0) is 12.2. The maximum Gasteiger partial charge on any atom is 0.0506 e. The normalized spacial score (nSPS) is 29.0. The summed E-state index contributed by atoms with van der Waals surface area (Å²) in [6.45, 7) is 9.52. The topological polar surface area (TPSA) is 29.1 Å². The second kappa shape index (κ2) is 6.15. The van der Waals surface area contributed by atoms with Crippen LogP contribution in [0.2, 0.25) is 0 Å². The Balaban J connectivity index is 2.63. The molecule has 2 nitrogen and oxygen atoms in total. The van der Waals surface area contributed by atoms with E-state index < -0.39 is 10.8 Å². The Hall–Kier alpha value is 0.110. The summed E-state index contributed by atoms with van der Waals surface area (Å²) in [6.07, 6.45) is 6.03. The molecule has 1 fully saturated rings. The van der Waals surface area contributed by atoms with Crippen LogP contribution in [0.5, 0.6) is 0 Å². The molecule has 0 aromatic carbocycles. The van der Waals surface area contributed by atoms with Gasteiger partial charge in [0.15, 0.2) is 0 Å². The molecule has 1 rings (SSSR count). The first-order valence-electron chi connectivity index (χ1n) is 6.61. The predicted octanol–water partition coefficient (Wildman–Crippen LogP) is 2.84. The Morgan fingerprint density at radius 3 is 2.44 bits per heavy atom. The Morgan fingerprint density at radius 1 is 1.25 bits per heavy atom. The zero-order valence-electron chi connectivity index (χ0n) is 11.2. The van der Waals surface area contributed by atoms with E-state index in [1.165, 1.54) is 19.3 Å². The summed E-state index contributed by atoms with van der Waals surface area (Å²) >= 11 is 0. The number of hydrogen-bond donors (Lipinski definition) is 1. The van der Waals surface area contributed by atoms with Crippen LogP contribution in [0.4, 0.5) is 0 Å². The van der Waals surface area contributed by atoms with Crippen LogP contribution in [0.15, 0.2) is 0 Å². The van der Waals surface area contributed by atoms with E-state index in [0.29, 0.717) is 11.3 Å². The van der Waals surface area contributed by atoms with Gasteiger partial charge in [0.25, 0.3) is 0 Å². The highest BCUT2D eigenvalue weighted by Gasteiger charge is 2.34. The van der Waals surface area contributed by atoms with Crippen LogP contribution >= 0.6 is 0 Å². The van der Waals surface area contributed by atoms with Crippen LogP contribution in [0.1, 0.15) is 59.8 Å². The third-order valence-corrected chi connectivity index (χ3v) is 5.56. The largest absolute Gasteiger partial charge is 0.313 e. The minimum absolute atomic E-state index is 0.0752. The maximum atomic E-state index is 12.5. The predicted molar refractivity (Wildman–Crippen MR) is 72.2 cm³/mol. The third-order valence-electron chi connectivity index (χ3n) is 3.24. The summed E-state index contributed by atoms with van der Waals surface area (Å²) in [5.74, 6) is 0. The van der Waals surface area contributed by atoms with Crippen molar-refractivity contribution in [3.8, 4) is 0 Å². The van der Waals surface area contributed by atoms with Crippen molar-refractivity contribution in [2.24, 2.45) is 0 Å². The van der Waals surface area contributed by atoms with E-state index in [-0.39, 0.29) is 4.75 Å². The smallest absolute Gasteiger partial charge is 0.0506 e. The van der Waals surface area contributed by atoms with E-state index in [4.69, 9.17) is 0 Å². The van der Waals surface area contributed by atoms with Crippen molar-refractivity contribution in [2.45, 2.75) is 75.8 Å². The molecule has 0 aromatic rings. The molecule has 16 heavy (non-hydrogen) atoms. The molecule has 96 valence electrons. The van der Waals surface area contributed by atoms with Gasteiger partial charge in [-0.3, -0.25) is 4.21 Å². The Labute approximate surface area is 103 Å². The molecule has 1 aliphatic rings. The summed E-state index contributed by atoms with van der Waals surface area (Å²) in [5, 5.41) is 3.94. The molecule has 3 heteroatoms. The standard InChI is InChI=1S/C13H27NOS/c1-5-10-14-11-8-6-7-9-12(11)16(15)13(2,3)4/h11-12,14H,5-10H2,1-4H3. The lowest BCUT2D eigenvalue weighted by Gasteiger charge is -2.35. The van der Waals surface area contributed by atoms with Crippen LogP contribution in [0.3, 0.4) is 0 Å². The Bertz CT molecular complexity index is 235. The lowest BCUT2D eigenvalue weighted by molar-refractivity contribution is 0.376. The van der Waals surface area contributed by atoms with Gasteiger partial charge in [-0.25, -0.2) is 0 Å². The first kappa shape index (κ1) is 14.2. The fourth-order valence-electron chi connectivity index (χ4n) is 2.37. The molecular formula is C13H27NOS. The van der Waals surface area contributed by atoms with Crippen LogP contribution in [-0.4, -0.2) is 26.8 Å². The van der Waals surface area contributed by atoms with Gasteiger partial charge in [0, 0.05) is 21.6 Å². The molecule has 0 aliphatic heterocycles. The fourth-order valence-corrected chi connectivity index (χ4v) is 4.19. The third kappa shape index (κ3) is 3.85. The maximum absolute atomic E-state index is 12.5. The Morgan fingerprint density at radius 2 is 1.88 bits per heavy atom. The molecule has 0 aromatic heterocycles. The summed E-state index contributed by atoms with van der Waals surface area (Å²) in [4.78, 5) is 0. The van der Waals surface area contributed by atoms with E-state index >= 15 is 0 Å². The van der Waals surface area contributed by atoms with E-state index in [1.54, 1.807) is 0 Å². The van der Waals surface area contributed by atoms with E-state index in [9.17, 15) is 4.21 Å². The highest BCUT2D eigenvalue weighted by atomic mass is 32.2. The van der Waals surface area contributed by atoms with Crippen LogP contribution in [0.25, 0.3) is 0 Å². The zero-order valence-corrected chi connectivity index (χ0v) is 12.0. The van der Waals surface area contributed by atoms with Crippen molar-refractivity contribution >= 4 is 10.8 Å². The van der Waals surface area contributed by atoms with Crippen molar-refractivity contribution in [3.05, 3.63) is 0 Å². The molecule has 3 unspecified atom stereocenters. The second-order valence-electron chi connectivity index (χ2n) is 5.79. The molecule has 0 spiro atoms. The van der Waals surface area contributed by atoms with Crippen LogP contribution in [0, 0.1) is 0 Å². The van der Waals surface area contributed by atoms with Crippen molar-refractivity contribution in [1.82, 2.24) is 5.32 Å². The molecule has 3 atom stereocenters. The van der Waals surface area contributed by atoms with Gasteiger partial charge in [0.05, 0.1) is 5.25 Å². The van der Waals surface area contributed by atoms with Gasteiger partial charge in [-0.1, -0.05) is 19.8 Å². The summed E-state index contributed by atoms with van der Waals surface area (Å²) in [7, 11) is -0.720. The van der Waals surface area contributed by atoms with Gasteiger partial charge >= 0.3 is 0 Å². The molecule has 0 saturated heterocycles. The van der Waals surface area contributed by atoms with Gasteiger partial charge in [0.2, 0.25) is 0 Å². The van der Waals surface area contributed by atoms with E-state index in [0.717, 1.165) is 19.4 Å². The monoisotopic (exact) mass is 245 g/mol. The lowest BCUT2D eigenvalue weighted by Crippen LogP contribution is -2.48. The first-order chi connectivity index (χ1) is 7.46. The lowest BCUT2D eigenvalue weighted by atomic mass is 9.95. The first-order valence-corrected chi connectivity index (χ1v) is 7.82. The minimum atomic E-state index is -0.720. The molecule has 0 radical (unpaired) electrons. The van der Waals surface area contributed by atoms with Crippen molar-refractivity contribution in [1.29, 1.82) is 0 Å². The van der Waals surface area contributed by atoms with E-state index in [2.05, 4.69) is 33.0 Å². The van der Waals surface area contributed by atoms with Gasteiger partial charge < -0.3 is 5.32 Å². The van der Waals surface area contributed by atoms with Crippen LogP contribution in [-0.2, 0) is 10.8 Å². The Kier molecular flexibility index (Phi) is 5.45. The van der Waals surface area contributed by atoms with Gasteiger partial charge in [0.1, 0.15) is 0 Å². The van der Waals surface area contributed by atoms with Gasteiger partial charge in [-0.15, -0.1) is 0 Å². The quantitative estimate of drug-likeness (QED) is 0.825. The minimum Gasteiger partial charge on any atom is -0.313 e. The van der Waals surface area contributed by atoms with E-state index in [1.807, 2.05) is 0 Å². The fraction of sp³-hybridized carbons (Fsp3) is 1.00. The molecule has 1 aliphatic carbocycles. The number of nitrogens with one attached hydrogen (secondary N) is 1. The number of hydrogen-bond acceptors (Lipinski definition) is 2. The molecule has 1 saturated carbocycles. The van der Waals surface area contributed by atoms with Crippen molar-refractivity contribution < 1.29 is 4.21 Å². The number of rotatable bonds is 4. The summed E-state index contributed by atoms with van der Waals surface area (Å²) in [5.41, 5.74) is 0.